The Balaban J connectivity index is 1.97. The number of rotatable bonds is 4. The molecule has 0 aliphatic rings. The lowest BCUT2D eigenvalue weighted by Gasteiger charge is -2.03. The average molecular weight is 216 g/mol. The molecule has 16 heavy (non-hydrogen) atoms. The summed E-state index contributed by atoms with van der Waals surface area (Å²) in [7, 11) is 0. The van der Waals surface area contributed by atoms with E-state index in [4.69, 9.17) is 5.11 Å². The van der Waals surface area contributed by atoms with Gasteiger partial charge in [-0.15, -0.1) is 0 Å². The molecule has 0 aliphatic carbocycles. The van der Waals surface area contributed by atoms with Gasteiger partial charge in [0.2, 0.25) is 0 Å². The molecule has 1 aromatic carbocycles. The summed E-state index contributed by atoms with van der Waals surface area (Å²) in [5.41, 5.74) is 2.15. The van der Waals surface area contributed by atoms with Gasteiger partial charge in [-0.3, -0.25) is 0 Å². The third-order valence-corrected chi connectivity index (χ3v) is 2.24. The molecule has 0 bridgehead atoms. The van der Waals surface area contributed by atoms with E-state index in [1.54, 1.807) is 12.3 Å². The molecular weight excluding hydrogens is 204 g/mol. The molecule has 4 nitrogen and oxygen atoms in total. The van der Waals surface area contributed by atoms with Crippen LogP contribution in [0.15, 0.2) is 42.6 Å². The van der Waals surface area contributed by atoms with E-state index in [9.17, 15) is 4.79 Å². The van der Waals surface area contributed by atoms with Crippen LogP contribution in [0, 0.1) is 0 Å². The molecule has 0 aliphatic heterocycles. The van der Waals surface area contributed by atoms with E-state index >= 15 is 0 Å². The van der Waals surface area contributed by atoms with Gasteiger partial charge < -0.3 is 15.4 Å². The Kier molecular flexibility index (Phi) is 2.91. The zero-order chi connectivity index (χ0) is 11.4. The average Bonchev–Trinajstić information content (AvgIpc) is 2.76. The van der Waals surface area contributed by atoms with E-state index < -0.39 is 5.97 Å². The summed E-state index contributed by atoms with van der Waals surface area (Å²) < 4.78 is 0. The minimum absolute atomic E-state index is 0.213. The van der Waals surface area contributed by atoms with Crippen molar-refractivity contribution in [1.82, 2.24) is 4.98 Å². The van der Waals surface area contributed by atoms with Crippen LogP contribution in [-0.4, -0.2) is 16.1 Å². The number of carbonyl (C=O) groups is 1. The van der Waals surface area contributed by atoms with Crippen LogP contribution in [0.25, 0.3) is 0 Å². The molecule has 1 aromatic heterocycles. The van der Waals surface area contributed by atoms with E-state index in [1.165, 1.54) is 0 Å². The fourth-order valence-corrected chi connectivity index (χ4v) is 1.42. The summed E-state index contributed by atoms with van der Waals surface area (Å²) in [6, 6.07) is 11.4. The van der Waals surface area contributed by atoms with E-state index in [0.717, 1.165) is 11.3 Å². The van der Waals surface area contributed by atoms with Crippen LogP contribution in [0.5, 0.6) is 0 Å². The lowest BCUT2D eigenvalue weighted by atomic mass is 10.3. The Morgan fingerprint density at radius 1 is 1.31 bits per heavy atom. The number of anilines is 1. The molecule has 2 aromatic rings. The summed E-state index contributed by atoms with van der Waals surface area (Å²) in [6.07, 6.45) is 1.69. The van der Waals surface area contributed by atoms with Gasteiger partial charge in [0.25, 0.3) is 0 Å². The fraction of sp³-hybridized carbons (Fsp3) is 0.0833. The van der Waals surface area contributed by atoms with Crippen molar-refractivity contribution in [3.63, 3.8) is 0 Å². The number of carboxylic acids is 1. The topological polar surface area (TPSA) is 65.1 Å². The quantitative estimate of drug-likeness (QED) is 0.734. The Labute approximate surface area is 92.9 Å². The molecule has 0 amide bonds. The van der Waals surface area contributed by atoms with Crippen LogP contribution in [0.1, 0.15) is 16.1 Å². The highest BCUT2D eigenvalue weighted by Gasteiger charge is 2.05. The highest BCUT2D eigenvalue weighted by molar-refractivity contribution is 5.85. The highest BCUT2D eigenvalue weighted by atomic mass is 16.4. The van der Waals surface area contributed by atoms with Gasteiger partial charge in [0, 0.05) is 18.4 Å². The lowest BCUT2D eigenvalue weighted by Crippen LogP contribution is -1.98. The van der Waals surface area contributed by atoms with E-state index in [0.29, 0.717) is 6.54 Å². The van der Waals surface area contributed by atoms with Crippen molar-refractivity contribution in [2.24, 2.45) is 0 Å². The minimum Gasteiger partial charge on any atom is -0.477 e. The van der Waals surface area contributed by atoms with Crippen molar-refractivity contribution in [3.05, 3.63) is 53.9 Å². The second kappa shape index (κ2) is 4.53. The first-order valence-corrected chi connectivity index (χ1v) is 4.95. The van der Waals surface area contributed by atoms with Crippen molar-refractivity contribution in [3.8, 4) is 0 Å². The maximum absolute atomic E-state index is 10.6. The van der Waals surface area contributed by atoms with Gasteiger partial charge in [0.1, 0.15) is 5.69 Å². The smallest absolute Gasteiger partial charge is 0.352 e. The highest BCUT2D eigenvalue weighted by Crippen LogP contribution is 2.09. The molecule has 1 heterocycles. The van der Waals surface area contributed by atoms with Crippen molar-refractivity contribution in [1.29, 1.82) is 0 Å². The summed E-state index contributed by atoms with van der Waals surface area (Å²) in [5, 5.41) is 11.9. The molecule has 0 atom stereocenters. The standard InChI is InChI=1S/C12H12N2O2/c15-12(16)11-6-9(8-14-11)7-13-10-4-2-1-3-5-10/h1-6,8,13-14H,7H2,(H,15,16). The van der Waals surface area contributed by atoms with Crippen LogP contribution in [0.2, 0.25) is 0 Å². The molecule has 3 N–H and O–H groups in total. The summed E-state index contributed by atoms with van der Waals surface area (Å²) in [5.74, 6) is -0.939. The Hall–Kier alpha value is -2.23. The third kappa shape index (κ3) is 2.42. The Bertz CT molecular complexity index is 477. The number of hydrogen-bond acceptors (Lipinski definition) is 2. The number of H-pyrrole nitrogens is 1. The number of aromatic nitrogens is 1. The van der Waals surface area contributed by atoms with Crippen molar-refractivity contribution in [2.45, 2.75) is 6.54 Å². The second-order valence-electron chi connectivity index (χ2n) is 3.45. The van der Waals surface area contributed by atoms with Gasteiger partial charge in [0.15, 0.2) is 0 Å². The molecule has 0 saturated heterocycles. The molecule has 82 valence electrons. The van der Waals surface area contributed by atoms with Gasteiger partial charge in [-0.25, -0.2) is 4.79 Å². The van der Waals surface area contributed by atoms with Crippen LogP contribution < -0.4 is 5.32 Å². The third-order valence-electron chi connectivity index (χ3n) is 2.24. The molecular formula is C12H12N2O2. The predicted octanol–water partition coefficient (Wildman–Crippen LogP) is 2.33. The van der Waals surface area contributed by atoms with Gasteiger partial charge in [-0.2, -0.15) is 0 Å². The van der Waals surface area contributed by atoms with Gasteiger partial charge in [-0.05, 0) is 23.8 Å². The number of hydrogen-bond donors (Lipinski definition) is 3. The second-order valence-corrected chi connectivity index (χ2v) is 3.45. The van der Waals surface area contributed by atoms with Crippen molar-refractivity contribution < 1.29 is 9.90 Å². The lowest BCUT2D eigenvalue weighted by molar-refractivity contribution is 0.0691. The van der Waals surface area contributed by atoms with Gasteiger partial charge >= 0.3 is 5.97 Å². The molecule has 0 unspecified atom stereocenters. The van der Waals surface area contributed by atoms with E-state index in [-0.39, 0.29) is 5.69 Å². The largest absolute Gasteiger partial charge is 0.477 e. The molecule has 2 rings (SSSR count). The van der Waals surface area contributed by atoms with Crippen LogP contribution in [0.3, 0.4) is 0 Å². The SMILES string of the molecule is O=C(O)c1cc(CNc2ccccc2)c[nH]1. The van der Waals surface area contributed by atoms with Crippen molar-refractivity contribution in [2.75, 3.05) is 5.32 Å². The van der Waals surface area contributed by atoms with E-state index in [1.807, 2.05) is 30.3 Å². The molecule has 0 saturated carbocycles. The minimum atomic E-state index is -0.939. The normalized spacial score (nSPS) is 10.0. The van der Waals surface area contributed by atoms with Gasteiger partial charge in [0.05, 0.1) is 0 Å². The van der Waals surface area contributed by atoms with E-state index in [2.05, 4.69) is 10.3 Å². The number of para-hydroxylation sites is 1. The van der Waals surface area contributed by atoms with Gasteiger partial charge in [-0.1, -0.05) is 18.2 Å². The molecule has 0 fully saturated rings. The maximum Gasteiger partial charge on any atom is 0.352 e. The van der Waals surface area contributed by atoms with Crippen LogP contribution in [-0.2, 0) is 6.54 Å². The zero-order valence-corrected chi connectivity index (χ0v) is 8.60. The summed E-state index contributed by atoms with van der Waals surface area (Å²) >= 11 is 0. The number of carboxylic acid groups (broad SMARTS) is 1. The summed E-state index contributed by atoms with van der Waals surface area (Å²) in [6.45, 7) is 0.605. The summed E-state index contributed by atoms with van der Waals surface area (Å²) in [4.78, 5) is 13.3. The maximum atomic E-state index is 10.6. The molecule has 4 heteroatoms. The number of aromatic carboxylic acids is 1. The Morgan fingerprint density at radius 3 is 2.69 bits per heavy atom. The number of aromatic amines is 1. The van der Waals surface area contributed by atoms with Crippen LogP contribution in [0.4, 0.5) is 5.69 Å². The van der Waals surface area contributed by atoms with Crippen LogP contribution >= 0.6 is 0 Å². The zero-order valence-electron chi connectivity index (χ0n) is 8.60. The number of nitrogens with one attached hydrogen (secondary N) is 2. The predicted molar refractivity (Wildman–Crippen MR) is 61.5 cm³/mol. The molecule has 0 spiro atoms. The first-order chi connectivity index (χ1) is 7.75. The fourth-order valence-electron chi connectivity index (χ4n) is 1.42. The number of benzene rings is 1. The van der Waals surface area contributed by atoms with Crippen molar-refractivity contribution >= 4 is 11.7 Å². The Morgan fingerprint density at radius 2 is 2.06 bits per heavy atom. The first-order valence-electron chi connectivity index (χ1n) is 4.95. The first kappa shape index (κ1) is 10.3. The molecule has 0 radical (unpaired) electrons. The monoisotopic (exact) mass is 216 g/mol.